The van der Waals surface area contributed by atoms with Crippen molar-refractivity contribution in [2.45, 2.75) is 39.2 Å². The number of rotatable bonds is 5. The average molecular weight is 229 g/mol. The van der Waals surface area contributed by atoms with Gasteiger partial charge in [0, 0.05) is 12.8 Å². The highest BCUT2D eigenvalue weighted by molar-refractivity contribution is 6.29. The van der Waals surface area contributed by atoms with E-state index in [1.54, 1.807) is 7.11 Å². The zero-order valence-electron chi connectivity index (χ0n) is 9.46. The van der Waals surface area contributed by atoms with Crippen LogP contribution < -0.4 is 0 Å². The maximum atomic E-state index is 5.92. The van der Waals surface area contributed by atoms with Gasteiger partial charge in [-0.05, 0) is 25.8 Å². The van der Waals surface area contributed by atoms with Crippen molar-refractivity contribution in [3.63, 3.8) is 0 Å². The van der Waals surface area contributed by atoms with Crippen LogP contribution in [0.4, 0.5) is 0 Å². The number of halogens is 1. The number of aromatic nitrogens is 2. The summed E-state index contributed by atoms with van der Waals surface area (Å²) < 4.78 is 5.17. The zero-order chi connectivity index (χ0) is 11.3. The SMILES string of the molecule is CCCCc1cc(Cl)nc([C@@H](C)OC)n1. The summed E-state index contributed by atoms with van der Waals surface area (Å²) in [5, 5.41) is 0.495. The minimum absolute atomic E-state index is 0.107. The summed E-state index contributed by atoms with van der Waals surface area (Å²) in [5.74, 6) is 0.663. The van der Waals surface area contributed by atoms with Crippen molar-refractivity contribution >= 4 is 11.6 Å². The van der Waals surface area contributed by atoms with Gasteiger partial charge in [0.05, 0.1) is 0 Å². The van der Waals surface area contributed by atoms with E-state index in [1.165, 1.54) is 0 Å². The summed E-state index contributed by atoms with van der Waals surface area (Å²) in [7, 11) is 1.64. The highest BCUT2D eigenvalue weighted by Crippen LogP contribution is 2.16. The molecule has 0 spiro atoms. The van der Waals surface area contributed by atoms with Crippen LogP contribution in [0.5, 0.6) is 0 Å². The monoisotopic (exact) mass is 228 g/mol. The Bertz CT molecular complexity index is 317. The molecule has 1 rings (SSSR count). The quantitative estimate of drug-likeness (QED) is 0.726. The predicted octanol–water partition coefficient (Wildman–Crippen LogP) is 3.18. The highest BCUT2D eigenvalue weighted by atomic mass is 35.5. The number of hydrogen-bond acceptors (Lipinski definition) is 3. The van der Waals surface area contributed by atoms with Crippen molar-refractivity contribution in [1.82, 2.24) is 9.97 Å². The summed E-state index contributed by atoms with van der Waals surface area (Å²) in [6, 6.07) is 1.82. The van der Waals surface area contributed by atoms with E-state index < -0.39 is 0 Å². The number of aryl methyl sites for hydroxylation is 1. The first-order valence-electron chi connectivity index (χ1n) is 5.23. The number of ether oxygens (including phenoxy) is 1. The average Bonchev–Trinajstić information content (AvgIpc) is 2.24. The molecule has 0 aliphatic carbocycles. The lowest BCUT2D eigenvalue weighted by molar-refractivity contribution is 0.112. The van der Waals surface area contributed by atoms with Gasteiger partial charge < -0.3 is 4.74 Å². The first-order valence-corrected chi connectivity index (χ1v) is 5.61. The first-order chi connectivity index (χ1) is 7.17. The molecule has 1 aromatic rings. The van der Waals surface area contributed by atoms with E-state index in [-0.39, 0.29) is 6.10 Å². The topological polar surface area (TPSA) is 35.0 Å². The van der Waals surface area contributed by atoms with E-state index >= 15 is 0 Å². The fourth-order valence-electron chi connectivity index (χ4n) is 1.26. The Labute approximate surface area is 95.8 Å². The molecule has 0 amide bonds. The van der Waals surface area contributed by atoms with Gasteiger partial charge in [0.25, 0.3) is 0 Å². The number of methoxy groups -OCH3 is 1. The summed E-state index contributed by atoms with van der Waals surface area (Å²) in [6.45, 7) is 4.07. The maximum absolute atomic E-state index is 5.92. The molecule has 1 heterocycles. The summed E-state index contributed by atoms with van der Waals surface area (Å²) in [5.41, 5.74) is 0.996. The van der Waals surface area contributed by atoms with Gasteiger partial charge in [-0.2, -0.15) is 0 Å². The fraction of sp³-hybridized carbons (Fsp3) is 0.636. The van der Waals surface area contributed by atoms with Gasteiger partial charge in [0.1, 0.15) is 11.3 Å². The number of hydrogen-bond donors (Lipinski definition) is 0. The molecule has 84 valence electrons. The number of nitrogens with zero attached hydrogens (tertiary/aromatic N) is 2. The molecule has 0 aliphatic rings. The minimum atomic E-state index is -0.107. The Morgan fingerprint density at radius 2 is 2.20 bits per heavy atom. The van der Waals surface area contributed by atoms with Gasteiger partial charge in [0.2, 0.25) is 0 Å². The van der Waals surface area contributed by atoms with Crippen molar-refractivity contribution in [3.05, 3.63) is 22.7 Å². The zero-order valence-corrected chi connectivity index (χ0v) is 10.2. The van der Waals surface area contributed by atoms with Crippen LogP contribution in [0.15, 0.2) is 6.07 Å². The van der Waals surface area contributed by atoms with E-state index in [9.17, 15) is 0 Å². The van der Waals surface area contributed by atoms with E-state index in [0.717, 1.165) is 25.0 Å². The molecule has 3 nitrogen and oxygen atoms in total. The van der Waals surface area contributed by atoms with Crippen LogP contribution in [0.1, 0.15) is 44.3 Å². The summed E-state index contributed by atoms with van der Waals surface area (Å²) >= 11 is 5.92. The van der Waals surface area contributed by atoms with Crippen molar-refractivity contribution in [2.24, 2.45) is 0 Å². The molecule has 0 bridgehead atoms. The fourth-order valence-corrected chi connectivity index (χ4v) is 1.47. The molecule has 0 radical (unpaired) electrons. The lowest BCUT2D eigenvalue weighted by atomic mass is 10.2. The van der Waals surface area contributed by atoms with Crippen molar-refractivity contribution < 1.29 is 4.74 Å². The van der Waals surface area contributed by atoms with E-state index in [4.69, 9.17) is 16.3 Å². The van der Waals surface area contributed by atoms with Gasteiger partial charge in [0.15, 0.2) is 5.82 Å². The van der Waals surface area contributed by atoms with E-state index in [0.29, 0.717) is 11.0 Å². The molecule has 0 aromatic carbocycles. The van der Waals surface area contributed by atoms with Crippen LogP contribution >= 0.6 is 11.6 Å². The summed E-state index contributed by atoms with van der Waals surface area (Å²) in [4.78, 5) is 8.56. The maximum Gasteiger partial charge on any atom is 0.158 e. The molecular weight excluding hydrogens is 212 g/mol. The Hall–Kier alpha value is -0.670. The molecule has 0 fully saturated rings. The second-order valence-corrected chi connectivity index (χ2v) is 3.91. The van der Waals surface area contributed by atoms with Gasteiger partial charge in [-0.1, -0.05) is 24.9 Å². The molecule has 15 heavy (non-hydrogen) atoms. The smallest absolute Gasteiger partial charge is 0.158 e. The van der Waals surface area contributed by atoms with Gasteiger partial charge in [-0.25, -0.2) is 9.97 Å². The molecular formula is C11H17ClN2O. The Balaban J connectivity index is 2.84. The third-order valence-corrected chi connectivity index (χ3v) is 2.46. The Morgan fingerprint density at radius 1 is 1.47 bits per heavy atom. The van der Waals surface area contributed by atoms with Crippen LogP contribution in [0, 0.1) is 0 Å². The normalized spacial score (nSPS) is 12.8. The predicted molar refractivity (Wildman–Crippen MR) is 61.1 cm³/mol. The van der Waals surface area contributed by atoms with Crippen LogP contribution in [-0.4, -0.2) is 17.1 Å². The number of unbranched alkanes of at least 4 members (excludes halogenated alkanes) is 1. The van der Waals surface area contributed by atoms with Crippen molar-refractivity contribution in [1.29, 1.82) is 0 Å². The highest BCUT2D eigenvalue weighted by Gasteiger charge is 2.09. The van der Waals surface area contributed by atoms with Crippen molar-refractivity contribution in [3.8, 4) is 0 Å². The first kappa shape index (κ1) is 12.4. The molecule has 4 heteroatoms. The van der Waals surface area contributed by atoms with Crippen LogP contribution in [0.25, 0.3) is 0 Å². The minimum Gasteiger partial charge on any atom is -0.374 e. The molecule has 0 aliphatic heterocycles. The van der Waals surface area contributed by atoms with Gasteiger partial charge in [-0.3, -0.25) is 0 Å². The lowest BCUT2D eigenvalue weighted by Gasteiger charge is -2.09. The van der Waals surface area contributed by atoms with Crippen LogP contribution in [0.3, 0.4) is 0 Å². The Morgan fingerprint density at radius 3 is 2.80 bits per heavy atom. The standard InChI is InChI=1S/C11H17ClN2O/c1-4-5-6-9-7-10(12)14-11(13-9)8(2)15-3/h7-8H,4-6H2,1-3H3/t8-/m1/s1. The second kappa shape index (κ2) is 6.03. The third-order valence-electron chi connectivity index (χ3n) is 2.27. The molecule has 1 aromatic heterocycles. The van der Waals surface area contributed by atoms with Crippen molar-refractivity contribution in [2.75, 3.05) is 7.11 Å². The van der Waals surface area contributed by atoms with E-state index in [1.807, 2.05) is 13.0 Å². The molecule has 1 atom stereocenters. The molecule has 0 N–H and O–H groups in total. The lowest BCUT2D eigenvalue weighted by Crippen LogP contribution is -2.05. The summed E-state index contributed by atoms with van der Waals surface area (Å²) in [6.07, 6.45) is 3.11. The molecule has 0 saturated heterocycles. The van der Waals surface area contributed by atoms with E-state index in [2.05, 4.69) is 16.9 Å². The largest absolute Gasteiger partial charge is 0.374 e. The van der Waals surface area contributed by atoms with Gasteiger partial charge in [-0.15, -0.1) is 0 Å². The molecule has 0 saturated carbocycles. The van der Waals surface area contributed by atoms with Crippen LogP contribution in [0.2, 0.25) is 5.15 Å². The molecule has 0 unspecified atom stereocenters. The van der Waals surface area contributed by atoms with Gasteiger partial charge >= 0.3 is 0 Å². The Kier molecular flexibility index (Phi) is 4.99. The second-order valence-electron chi connectivity index (χ2n) is 3.52. The third kappa shape index (κ3) is 3.76. The van der Waals surface area contributed by atoms with Crippen LogP contribution in [-0.2, 0) is 11.2 Å².